The van der Waals surface area contributed by atoms with Gasteiger partial charge in [0.1, 0.15) is 5.69 Å². The van der Waals surface area contributed by atoms with E-state index in [9.17, 15) is 13.2 Å². The summed E-state index contributed by atoms with van der Waals surface area (Å²) in [7, 11) is 0. The summed E-state index contributed by atoms with van der Waals surface area (Å²) in [5.74, 6) is 0.138. The van der Waals surface area contributed by atoms with Gasteiger partial charge in [0.15, 0.2) is 0 Å². The van der Waals surface area contributed by atoms with Crippen molar-refractivity contribution in [1.29, 1.82) is 0 Å². The summed E-state index contributed by atoms with van der Waals surface area (Å²) in [4.78, 5) is 9.50. The second-order valence-electron chi connectivity index (χ2n) is 4.96. The van der Waals surface area contributed by atoms with Crippen LogP contribution in [0.15, 0.2) is 30.7 Å². The summed E-state index contributed by atoms with van der Waals surface area (Å²) < 4.78 is 40.0. The molecule has 3 heterocycles. The van der Waals surface area contributed by atoms with Crippen molar-refractivity contribution in [2.24, 2.45) is 0 Å². The maximum absolute atomic E-state index is 12.7. The van der Waals surface area contributed by atoms with E-state index in [1.165, 1.54) is 0 Å². The summed E-state index contributed by atoms with van der Waals surface area (Å²) in [5, 5.41) is 4.13. The largest absolute Gasteiger partial charge is 0.433 e. The highest BCUT2D eigenvalue weighted by Crippen LogP contribution is 2.30. The molecule has 0 saturated carbocycles. The van der Waals surface area contributed by atoms with Crippen molar-refractivity contribution in [3.8, 4) is 0 Å². The molecule has 8 heteroatoms. The van der Waals surface area contributed by atoms with Crippen molar-refractivity contribution in [1.82, 2.24) is 19.7 Å². The lowest BCUT2D eigenvalue weighted by Gasteiger charge is -2.25. The van der Waals surface area contributed by atoms with Gasteiger partial charge in [-0.2, -0.15) is 18.3 Å². The SMILES string of the molecule is FC(F)(F)c1ccnc(N2CCCC2Cn2cccn2)n1. The number of anilines is 1. The van der Waals surface area contributed by atoms with Crippen LogP contribution in [0.1, 0.15) is 18.5 Å². The lowest BCUT2D eigenvalue weighted by Crippen LogP contribution is -2.34. The van der Waals surface area contributed by atoms with Crippen LogP contribution < -0.4 is 4.90 Å². The van der Waals surface area contributed by atoms with E-state index in [0.717, 1.165) is 25.1 Å². The molecule has 3 rings (SSSR count). The Kier molecular flexibility index (Phi) is 3.52. The van der Waals surface area contributed by atoms with Gasteiger partial charge in [-0.05, 0) is 25.0 Å². The van der Waals surface area contributed by atoms with Crippen molar-refractivity contribution < 1.29 is 13.2 Å². The van der Waals surface area contributed by atoms with Gasteiger partial charge in [-0.15, -0.1) is 0 Å². The normalized spacial score (nSPS) is 19.2. The molecule has 1 fully saturated rings. The third-order valence-corrected chi connectivity index (χ3v) is 3.52. The van der Waals surface area contributed by atoms with E-state index >= 15 is 0 Å². The van der Waals surface area contributed by atoms with Gasteiger partial charge in [-0.1, -0.05) is 0 Å². The maximum atomic E-state index is 12.7. The number of alkyl halides is 3. The fourth-order valence-electron chi connectivity index (χ4n) is 2.56. The molecule has 1 saturated heterocycles. The maximum Gasteiger partial charge on any atom is 0.433 e. The molecule has 0 bridgehead atoms. The van der Waals surface area contributed by atoms with E-state index in [0.29, 0.717) is 13.1 Å². The van der Waals surface area contributed by atoms with Gasteiger partial charge in [0, 0.05) is 25.1 Å². The van der Waals surface area contributed by atoms with Crippen LogP contribution in [-0.4, -0.2) is 32.3 Å². The van der Waals surface area contributed by atoms with Crippen LogP contribution in [0.25, 0.3) is 0 Å². The zero-order chi connectivity index (χ0) is 14.9. The molecular formula is C13H14F3N5. The van der Waals surface area contributed by atoms with Crippen LogP contribution in [0.5, 0.6) is 0 Å². The van der Waals surface area contributed by atoms with Crippen LogP contribution in [-0.2, 0) is 12.7 Å². The smallest absolute Gasteiger partial charge is 0.336 e. The quantitative estimate of drug-likeness (QED) is 0.872. The molecule has 0 aliphatic carbocycles. The second kappa shape index (κ2) is 5.34. The van der Waals surface area contributed by atoms with Gasteiger partial charge in [0.05, 0.1) is 12.6 Å². The monoisotopic (exact) mass is 297 g/mol. The van der Waals surface area contributed by atoms with Gasteiger partial charge in [0.2, 0.25) is 5.95 Å². The number of halogens is 3. The Morgan fingerprint density at radius 1 is 1.29 bits per heavy atom. The zero-order valence-corrected chi connectivity index (χ0v) is 11.2. The summed E-state index contributed by atoms with van der Waals surface area (Å²) in [6.07, 6.45) is 2.03. The van der Waals surface area contributed by atoms with Crippen LogP contribution in [0.4, 0.5) is 19.1 Å². The van der Waals surface area contributed by atoms with E-state index in [1.807, 2.05) is 17.2 Å². The van der Waals surface area contributed by atoms with E-state index in [-0.39, 0.29) is 12.0 Å². The number of rotatable bonds is 3. The molecule has 1 aliphatic heterocycles. The minimum atomic E-state index is -4.45. The van der Waals surface area contributed by atoms with Gasteiger partial charge in [-0.25, -0.2) is 9.97 Å². The molecule has 21 heavy (non-hydrogen) atoms. The average Bonchev–Trinajstić information content (AvgIpc) is 3.10. The molecule has 0 aromatic carbocycles. The van der Waals surface area contributed by atoms with Crippen molar-refractivity contribution in [3.05, 3.63) is 36.4 Å². The Balaban J connectivity index is 1.82. The van der Waals surface area contributed by atoms with Gasteiger partial charge >= 0.3 is 6.18 Å². The fourth-order valence-corrected chi connectivity index (χ4v) is 2.56. The van der Waals surface area contributed by atoms with Crippen molar-refractivity contribution >= 4 is 5.95 Å². The van der Waals surface area contributed by atoms with E-state index in [4.69, 9.17) is 0 Å². The highest BCUT2D eigenvalue weighted by molar-refractivity contribution is 5.34. The first kappa shape index (κ1) is 13.8. The number of aromatic nitrogens is 4. The molecule has 0 radical (unpaired) electrons. The highest BCUT2D eigenvalue weighted by Gasteiger charge is 2.34. The summed E-state index contributed by atoms with van der Waals surface area (Å²) in [6.45, 7) is 1.28. The van der Waals surface area contributed by atoms with Gasteiger partial charge in [-0.3, -0.25) is 4.68 Å². The standard InChI is InChI=1S/C13H14F3N5/c14-13(15,16)11-4-6-17-12(19-11)21-8-1-3-10(21)9-20-7-2-5-18-20/h2,4-7,10H,1,3,8-9H2. The van der Waals surface area contributed by atoms with Crippen molar-refractivity contribution in [2.75, 3.05) is 11.4 Å². The van der Waals surface area contributed by atoms with E-state index < -0.39 is 11.9 Å². The molecule has 112 valence electrons. The topological polar surface area (TPSA) is 46.8 Å². The first-order valence-corrected chi connectivity index (χ1v) is 6.68. The zero-order valence-electron chi connectivity index (χ0n) is 11.2. The molecule has 1 atom stereocenters. The number of hydrogen-bond acceptors (Lipinski definition) is 4. The average molecular weight is 297 g/mol. The Morgan fingerprint density at radius 3 is 2.86 bits per heavy atom. The first-order valence-electron chi connectivity index (χ1n) is 6.68. The molecule has 1 aliphatic rings. The predicted octanol–water partition coefficient (Wildman–Crippen LogP) is 2.36. The number of nitrogens with zero attached hydrogens (tertiary/aromatic N) is 5. The summed E-state index contributed by atoms with van der Waals surface area (Å²) >= 11 is 0. The van der Waals surface area contributed by atoms with Crippen LogP contribution >= 0.6 is 0 Å². The molecule has 0 spiro atoms. The Bertz CT molecular complexity index is 596. The highest BCUT2D eigenvalue weighted by atomic mass is 19.4. The van der Waals surface area contributed by atoms with Crippen molar-refractivity contribution in [3.63, 3.8) is 0 Å². The fraction of sp³-hybridized carbons (Fsp3) is 0.462. The molecule has 0 amide bonds. The van der Waals surface area contributed by atoms with E-state index in [1.54, 1.807) is 10.9 Å². The Hall–Kier alpha value is -2.12. The predicted molar refractivity (Wildman–Crippen MR) is 69.6 cm³/mol. The number of hydrogen-bond donors (Lipinski definition) is 0. The molecule has 1 unspecified atom stereocenters. The van der Waals surface area contributed by atoms with Gasteiger partial charge in [0.25, 0.3) is 0 Å². The third-order valence-electron chi connectivity index (χ3n) is 3.52. The third kappa shape index (κ3) is 2.98. The van der Waals surface area contributed by atoms with Crippen LogP contribution in [0.3, 0.4) is 0 Å². The minimum absolute atomic E-state index is 0.0633. The minimum Gasteiger partial charge on any atom is -0.336 e. The molecule has 5 nitrogen and oxygen atoms in total. The van der Waals surface area contributed by atoms with Crippen molar-refractivity contribution in [2.45, 2.75) is 31.6 Å². The summed E-state index contributed by atoms with van der Waals surface area (Å²) in [5.41, 5.74) is -0.905. The first-order chi connectivity index (χ1) is 10.0. The molecular weight excluding hydrogens is 283 g/mol. The van der Waals surface area contributed by atoms with Gasteiger partial charge < -0.3 is 4.90 Å². The Morgan fingerprint density at radius 2 is 2.14 bits per heavy atom. The van der Waals surface area contributed by atoms with Crippen LogP contribution in [0.2, 0.25) is 0 Å². The second-order valence-corrected chi connectivity index (χ2v) is 4.96. The van der Waals surface area contributed by atoms with E-state index in [2.05, 4.69) is 15.1 Å². The summed E-state index contributed by atoms with van der Waals surface area (Å²) in [6, 6.07) is 2.77. The van der Waals surface area contributed by atoms with Crippen LogP contribution in [0, 0.1) is 0 Å². The molecule has 2 aromatic heterocycles. The molecule has 0 N–H and O–H groups in total. The lowest BCUT2D eigenvalue weighted by molar-refractivity contribution is -0.141. The molecule has 2 aromatic rings. The Labute approximate surface area is 119 Å². The lowest BCUT2D eigenvalue weighted by atomic mass is 10.2.